The predicted octanol–water partition coefficient (Wildman–Crippen LogP) is 15.7. The summed E-state index contributed by atoms with van der Waals surface area (Å²) < 4.78 is 2.43. The van der Waals surface area contributed by atoms with E-state index in [4.69, 9.17) is 0 Å². The van der Waals surface area contributed by atoms with Gasteiger partial charge >= 0.3 is 0 Å². The summed E-state index contributed by atoms with van der Waals surface area (Å²) >= 11 is 0. The summed E-state index contributed by atoms with van der Waals surface area (Å²) in [5, 5.41) is 5.00. The highest BCUT2D eigenvalue weighted by molar-refractivity contribution is 6.10. The van der Waals surface area contributed by atoms with E-state index >= 15 is 0 Å². The van der Waals surface area contributed by atoms with Gasteiger partial charge in [0.15, 0.2) is 0 Å². The molecule has 0 aliphatic heterocycles. The standard InChI is InChI=1S/C58H44N2/c1-57(2)49-22-11-7-18-43(49)48-35-40(32-33-51(48)57)59(55-27-15-24-52-56(55)46-21-8-12-23-50(46)58(52,3)4)39-30-28-37(29-31-39)47-36-41(34-38-16-5-6-17-42(38)47)60-53-25-13-9-19-44(53)45-20-10-14-26-54(45)60/h5-36H,1-4H3. The van der Waals surface area contributed by atoms with E-state index in [0.29, 0.717) is 0 Å². The van der Waals surface area contributed by atoms with Crippen LogP contribution in [0.4, 0.5) is 17.1 Å². The highest BCUT2D eigenvalue weighted by Gasteiger charge is 2.39. The zero-order chi connectivity index (χ0) is 40.3. The summed E-state index contributed by atoms with van der Waals surface area (Å²) in [6, 6.07) is 72.4. The lowest BCUT2D eigenvalue weighted by Crippen LogP contribution is -2.16. The van der Waals surface area contributed by atoms with Gasteiger partial charge in [-0.3, -0.25) is 0 Å². The van der Waals surface area contributed by atoms with Crippen LogP contribution in [-0.4, -0.2) is 4.57 Å². The minimum atomic E-state index is -0.110. The van der Waals surface area contributed by atoms with E-state index < -0.39 is 0 Å². The number of benzene rings is 9. The van der Waals surface area contributed by atoms with Crippen LogP contribution in [0.5, 0.6) is 0 Å². The molecule has 2 nitrogen and oxygen atoms in total. The van der Waals surface area contributed by atoms with Crippen LogP contribution in [0.15, 0.2) is 194 Å². The van der Waals surface area contributed by atoms with Crippen molar-refractivity contribution in [2.45, 2.75) is 38.5 Å². The van der Waals surface area contributed by atoms with Crippen LogP contribution in [0, 0.1) is 0 Å². The Morgan fingerprint density at radius 2 is 0.933 bits per heavy atom. The van der Waals surface area contributed by atoms with Gasteiger partial charge in [-0.2, -0.15) is 0 Å². The Balaban J connectivity index is 1.06. The van der Waals surface area contributed by atoms with Gasteiger partial charge in [-0.1, -0.05) is 167 Å². The van der Waals surface area contributed by atoms with Gasteiger partial charge in [-0.05, 0) is 115 Å². The molecule has 0 amide bonds. The van der Waals surface area contributed by atoms with Gasteiger partial charge in [0, 0.05) is 44.2 Å². The zero-order valence-corrected chi connectivity index (χ0v) is 34.4. The maximum Gasteiger partial charge on any atom is 0.0543 e. The lowest BCUT2D eigenvalue weighted by atomic mass is 9.82. The molecule has 1 heterocycles. The van der Waals surface area contributed by atoms with E-state index in [9.17, 15) is 0 Å². The zero-order valence-electron chi connectivity index (χ0n) is 34.4. The minimum Gasteiger partial charge on any atom is -0.310 e. The van der Waals surface area contributed by atoms with Gasteiger partial charge in [0.25, 0.3) is 0 Å². The minimum absolute atomic E-state index is 0.0650. The molecule has 2 aliphatic carbocycles. The number of aromatic nitrogens is 1. The van der Waals surface area contributed by atoms with Gasteiger partial charge < -0.3 is 9.47 Å². The third-order valence-corrected chi connectivity index (χ3v) is 13.8. The molecule has 0 saturated carbocycles. The summed E-state index contributed by atoms with van der Waals surface area (Å²) in [5.41, 5.74) is 20.1. The second-order valence-corrected chi connectivity index (χ2v) is 17.7. The first-order chi connectivity index (χ1) is 29.3. The normalized spacial score (nSPS) is 14.3. The number of nitrogens with zero attached hydrogens (tertiary/aromatic N) is 2. The van der Waals surface area contributed by atoms with Crippen LogP contribution in [0.1, 0.15) is 49.9 Å². The van der Waals surface area contributed by atoms with Crippen molar-refractivity contribution in [3.05, 3.63) is 216 Å². The lowest BCUT2D eigenvalue weighted by molar-refractivity contribution is 0.660. The van der Waals surface area contributed by atoms with Crippen molar-refractivity contribution in [2.75, 3.05) is 4.90 Å². The Bertz CT molecular complexity index is 3320. The van der Waals surface area contributed by atoms with Crippen molar-refractivity contribution in [1.82, 2.24) is 4.57 Å². The first-order valence-electron chi connectivity index (χ1n) is 21.2. The van der Waals surface area contributed by atoms with Crippen molar-refractivity contribution in [3.8, 4) is 39.1 Å². The molecule has 0 radical (unpaired) electrons. The quantitative estimate of drug-likeness (QED) is 0.169. The maximum atomic E-state index is 2.50. The van der Waals surface area contributed by atoms with E-state index in [1.807, 2.05) is 0 Å². The summed E-state index contributed by atoms with van der Waals surface area (Å²) in [5.74, 6) is 0. The van der Waals surface area contributed by atoms with E-state index in [1.165, 1.54) is 93.9 Å². The Morgan fingerprint density at radius 1 is 0.383 bits per heavy atom. The molecule has 60 heavy (non-hydrogen) atoms. The molecule has 0 unspecified atom stereocenters. The predicted molar refractivity (Wildman–Crippen MR) is 254 cm³/mol. The average Bonchev–Trinajstić information content (AvgIpc) is 3.84. The SMILES string of the molecule is CC1(C)c2ccccc2-c2cc(N(c3ccc(-c4cc(-n5c6ccccc6c6ccccc65)cc5ccccc45)cc3)c3cccc4c3-c3ccccc3C4(C)C)ccc21. The van der Waals surface area contributed by atoms with Crippen LogP contribution in [-0.2, 0) is 10.8 Å². The molecule has 10 aromatic rings. The smallest absolute Gasteiger partial charge is 0.0543 e. The summed E-state index contributed by atoms with van der Waals surface area (Å²) in [7, 11) is 0. The third kappa shape index (κ3) is 4.88. The molecular formula is C58H44N2. The number of hydrogen-bond donors (Lipinski definition) is 0. The number of anilines is 3. The molecule has 0 atom stereocenters. The monoisotopic (exact) mass is 768 g/mol. The fourth-order valence-corrected chi connectivity index (χ4v) is 10.8. The molecule has 0 bridgehead atoms. The summed E-state index contributed by atoms with van der Waals surface area (Å²) in [6.45, 7) is 9.45. The van der Waals surface area contributed by atoms with Crippen LogP contribution in [0.25, 0.3) is 71.6 Å². The molecule has 1 aromatic heterocycles. The number of hydrogen-bond acceptors (Lipinski definition) is 1. The van der Waals surface area contributed by atoms with Crippen LogP contribution >= 0.6 is 0 Å². The van der Waals surface area contributed by atoms with Gasteiger partial charge in [-0.15, -0.1) is 0 Å². The molecule has 0 N–H and O–H groups in total. The lowest BCUT2D eigenvalue weighted by Gasteiger charge is -2.30. The largest absolute Gasteiger partial charge is 0.310 e. The number of para-hydroxylation sites is 2. The highest BCUT2D eigenvalue weighted by Crippen LogP contribution is 2.56. The molecule has 2 heteroatoms. The molecule has 12 rings (SSSR count). The average molecular weight is 769 g/mol. The molecule has 0 spiro atoms. The van der Waals surface area contributed by atoms with E-state index in [1.54, 1.807) is 0 Å². The number of fused-ring (bicyclic) bond motifs is 10. The van der Waals surface area contributed by atoms with Crippen molar-refractivity contribution >= 4 is 49.6 Å². The first-order valence-corrected chi connectivity index (χ1v) is 21.2. The van der Waals surface area contributed by atoms with Crippen molar-refractivity contribution in [3.63, 3.8) is 0 Å². The molecule has 0 fully saturated rings. The van der Waals surface area contributed by atoms with Crippen molar-refractivity contribution < 1.29 is 0 Å². The topological polar surface area (TPSA) is 8.17 Å². The molecule has 0 saturated heterocycles. The molecular weight excluding hydrogens is 725 g/mol. The Morgan fingerprint density at radius 3 is 1.67 bits per heavy atom. The van der Waals surface area contributed by atoms with Crippen molar-refractivity contribution in [2.24, 2.45) is 0 Å². The second-order valence-electron chi connectivity index (χ2n) is 17.7. The van der Waals surface area contributed by atoms with Gasteiger partial charge in [-0.25, -0.2) is 0 Å². The molecule has 2 aliphatic rings. The Kier molecular flexibility index (Phi) is 7.36. The van der Waals surface area contributed by atoms with Crippen LogP contribution in [0.3, 0.4) is 0 Å². The van der Waals surface area contributed by atoms with E-state index in [2.05, 4.69) is 231 Å². The summed E-state index contributed by atoms with van der Waals surface area (Å²) in [6.07, 6.45) is 0. The van der Waals surface area contributed by atoms with Crippen LogP contribution < -0.4 is 4.90 Å². The van der Waals surface area contributed by atoms with Gasteiger partial charge in [0.05, 0.1) is 16.7 Å². The van der Waals surface area contributed by atoms with E-state index in [0.717, 1.165) is 17.1 Å². The molecule has 286 valence electrons. The highest BCUT2D eigenvalue weighted by atomic mass is 15.1. The first kappa shape index (κ1) is 34.8. The van der Waals surface area contributed by atoms with Crippen LogP contribution in [0.2, 0.25) is 0 Å². The summed E-state index contributed by atoms with van der Waals surface area (Å²) in [4.78, 5) is 2.50. The van der Waals surface area contributed by atoms with Gasteiger partial charge in [0.2, 0.25) is 0 Å². The van der Waals surface area contributed by atoms with E-state index in [-0.39, 0.29) is 10.8 Å². The maximum absolute atomic E-state index is 2.50. The second kappa shape index (κ2) is 12.7. The number of rotatable bonds is 5. The van der Waals surface area contributed by atoms with Crippen molar-refractivity contribution in [1.29, 1.82) is 0 Å². The Hall–Kier alpha value is -7.16. The fraction of sp³-hybridized carbons (Fsp3) is 0.103. The fourth-order valence-electron chi connectivity index (χ4n) is 10.8. The van der Waals surface area contributed by atoms with Gasteiger partial charge in [0.1, 0.15) is 0 Å². The Labute approximate surface area is 351 Å². The molecule has 9 aromatic carbocycles. The third-order valence-electron chi connectivity index (χ3n) is 13.8.